The third kappa shape index (κ3) is 6.76. The van der Waals surface area contributed by atoms with Crippen LogP contribution in [0.2, 0.25) is 0 Å². The van der Waals surface area contributed by atoms with Crippen LogP contribution in [0.15, 0.2) is 99.2 Å². The minimum atomic E-state index is 0.765. The lowest BCUT2D eigenvalue weighted by molar-refractivity contribution is -0.0323. The molecule has 16 atom stereocenters. The topological polar surface area (TPSA) is 0 Å². The Balaban J connectivity index is 0.000000179. The summed E-state index contributed by atoms with van der Waals surface area (Å²) in [7, 11) is 0. The maximum absolute atomic E-state index is 4.03. The van der Waals surface area contributed by atoms with Crippen molar-refractivity contribution in [1.29, 1.82) is 0 Å². The Morgan fingerprint density at radius 1 is 0.326 bits per heavy atom. The van der Waals surface area contributed by atoms with Crippen LogP contribution in [-0.2, 0) is 0 Å². The van der Waals surface area contributed by atoms with Crippen LogP contribution in [0.5, 0.6) is 0 Å². The van der Waals surface area contributed by atoms with Crippen molar-refractivity contribution in [3.8, 4) is 0 Å². The third-order valence-corrected chi connectivity index (χ3v) is 14.8. The average Bonchev–Trinajstić information content (AvgIpc) is 3.92. The normalized spacial score (nSPS) is 48.5. The lowest BCUT2D eigenvalue weighted by Crippen LogP contribution is -2.49. The number of hydrogen-bond donors (Lipinski definition) is 0. The predicted molar refractivity (Wildman–Crippen MR) is 198 cm³/mol. The summed E-state index contributed by atoms with van der Waals surface area (Å²) in [5, 5.41) is 0. The molecule has 0 N–H and O–H groups in total. The quantitative estimate of drug-likeness (QED) is 0.214. The lowest BCUT2D eigenvalue weighted by Gasteiger charge is -2.53. The van der Waals surface area contributed by atoms with Crippen molar-refractivity contribution >= 4 is 0 Å². The summed E-state index contributed by atoms with van der Waals surface area (Å²) in [6.45, 7) is 15.9. The van der Waals surface area contributed by atoms with Crippen LogP contribution in [0, 0.1) is 94.7 Å². The minimum absolute atomic E-state index is 0.765. The van der Waals surface area contributed by atoms with E-state index in [0.29, 0.717) is 0 Å². The van der Waals surface area contributed by atoms with Crippen LogP contribution in [0.4, 0.5) is 0 Å². The van der Waals surface area contributed by atoms with Crippen molar-refractivity contribution in [1.82, 2.24) is 0 Å². The molecule has 8 aliphatic carbocycles. The van der Waals surface area contributed by atoms with Gasteiger partial charge in [0.2, 0.25) is 0 Å². The van der Waals surface area contributed by atoms with Gasteiger partial charge in [0, 0.05) is 0 Å². The van der Waals surface area contributed by atoms with Gasteiger partial charge in [0.05, 0.1) is 0 Å². The van der Waals surface area contributed by atoms with Gasteiger partial charge in [-0.25, -0.2) is 0 Å². The Hall–Kier alpha value is -2.08. The number of fused-ring (bicyclic) bond motifs is 8. The molecule has 0 aromatic carbocycles. The Kier molecular flexibility index (Phi) is 10.3. The summed E-state index contributed by atoms with van der Waals surface area (Å²) >= 11 is 0. The van der Waals surface area contributed by atoms with Crippen LogP contribution in [0.25, 0.3) is 0 Å². The van der Waals surface area contributed by atoms with Crippen LogP contribution in [0.3, 0.4) is 0 Å². The van der Waals surface area contributed by atoms with Gasteiger partial charge in [0.1, 0.15) is 0 Å². The molecule has 16 unspecified atom stereocenters. The van der Waals surface area contributed by atoms with Gasteiger partial charge in [0.25, 0.3) is 0 Å². The Labute approximate surface area is 283 Å². The van der Waals surface area contributed by atoms with E-state index in [2.05, 4.69) is 99.2 Å². The summed E-state index contributed by atoms with van der Waals surface area (Å²) in [6, 6.07) is 0. The van der Waals surface area contributed by atoms with Gasteiger partial charge < -0.3 is 0 Å². The summed E-state index contributed by atoms with van der Waals surface area (Å²) in [6.07, 6.45) is 48.6. The maximum Gasteiger partial charge on any atom is -0.0193 e. The van der Waals surface area contributed by atoms with E-state index in [1.54, 1.807) is 0 Å². The zero-order chi connectivity index (χ0) is 31.6. The zero-order valence-electron chi connectivity index (χ0n) is 28.9. The second-order valence-electron chi connectivity index (χ2n) is 17.3. The SMILES string of the molecule is C=CC1CCC(/C=C\C2CC(/C=C\C3CCC(C=C)C3)C3C4C5C=CC(C5)C4C23)C1.C=CC1CCC(/C=C\C2CCC(C=C)C2)C1. The van der Waals surface area contributed by atoms with Crippen molar-refractivity contribution in [2.75, 3.05) is 0 Å². The highest BCUT2D eigenvalue weighted by atomic mass is 14.7. The first-order chi connectivity index (χ1) is 22.6. The van der Waals surface area contributed by atoms with E-state index < -0.39 is 0 Å². The molecule has 8 aliphatic rings. The van der Waals surface area contributed by atoms with Crippen molar-refractivity contribution in [2.24, 2.45) is 94.7 Å². The second kappa shape index (κ2) is 14.6. The lowest BCUT2D eigenvalue weighted by atomic mass is 9.51. The number of allylic oxidation sites excluding steroid dienone is 12. The van der Waals surface area contributed by atoms with Crippen molar-refractivity contribution < 1.29 is 0 Å². The van der Waals surface area contributed by atoms with Crippen LogP contribution in [0.1, 0.15) is 89.9 Å². The van der Waals surface area contributed by atoms with Crippen LogP contribution >= 0.6 is 0 Å². The Morgan fingerprint density at radius 2 is 0.630 bits per heavy atom. The molecule has 2 bridgehead atoms. The van der Waals surface area contributed by atoms with Crippen molar-refractivity contribution in [2.45, 2.75) is 89.9 Å². The molecule has 0 aromatic rings. The molecular formula is C46H64. The summed E-state index contributed by atoms with van der Waals surface area (Å²) < 4.78 is 0. The van der Waals surface area contributed by atoms with Gasteiger partial charge >= 0.3 is 0 Å². The number of rotatable bonds is 10. The highest BCUT2D eigenvalue weighted by molar-refractivity contribution is 5.27. The fourth-order valence-electron chi connectivity index (χ4n) is 12.2. The molecule has 0 nitrogen and oxygen atoms in total. The van der Waals surface area contributed by atoms with Crippen molar-refractivity contribution in [3.05, 3.63) is 99.2 Å². The molecule has 0 saturated heterocycles. The van der Waals surface area contributed by atoms with E-state index in [1.165, 1.54) is 89.9 Å². The standard InChI is InChI=1S/C30H40.C16H24/c1-3-19-5-7-21(15-19)9-11-23-17-24(12-10-22-8-6-20(4-2)16-22)28-27(23)29-25-13-14-26(18-25)30(28)29;1-3-13-5-7-15(11-13)9-10-16-8-6-14(4-2)12-16/h3-4,9-14,19-30H,1-2,5-8,15-18H2;3-4,9-10,13-16H,1-2,5-8,11-12H2/b11-9-,12-10-;10-9-. The maximum atomic E-state index is 4.03. The van der Waals surface area contributed by atoms with Gasteiger partial charge in [-0.3, -0.25) is 0 Å². The Morgan fingerprint density at radius 3 is 0.935 bits per heavy atom. The Bertz CT molecular complexity index is 1120. The van der Waals surface area contributed by atoms with Gasteiger partial charge in [0.15, 0.2) is 0 Å². The van der Waals surface area contributed by atoms with Gasteiger partial charge in [-0.1, -0.05) is 72.9 Å². The molecule has 7 saturated carbocycles. The molecule has 0 aliphatic heterocycles. The first-order valence-corrected chi connectivity index (χ1v) is 19.8. The summed E-state index contributed by atoms with van der Waals surface area (Å²) in [5.41, 5.74) is 0. The molecule has 0 heteroatoms. The first kappa shape index (κ1) is 32.5. The molecular weight excluding hydrogens is 553 g/mol. The highest BCUT2D eigenvalue weighted by Gasteiger charge is 2.66. The van der Waals surface area contributed by atoms with Crippen LogP contribution in [-0.4, -0.2) is 0 Å². The van der Waals surface area contributed by atoms with Gasteiger partial charge in [-0.2, -0.15) is 0 Å². The van der Waals surface area contributed by atoms with E-state index in [1.807, 2.05) is 0 Å². The fourth-order valence-corrected chi connectivity index (χ4v) is 12.2. The molecule has 7 fully saturated rings. The molecule has 0 radical (unpaired) electrons. The molecule has 0 heterocycles. The molecule has 0 aromatic heterocycles. The van der Waals surface area contributed by atoms with Crippen LogP contribution < -0.4 is 0 Å². The molecule has 0 amide bonds. The van der Waals surface area contributed by atoms with E-state index in [0.717, 1.165) is 94.7 Å². The van der Waals surface area contributed by atoms with E-state index in [-0.39, 0.29) is 0 Å². The van der Waals surface area contributed by atoms with Crippen molar-refractivity contribution in [3.63, 3.8) is 0 Å². The fraction of sp³-hybridized carbons (Fsp3) is 0.652. The molecule has 248 valence electrons. The van der Waals surface area contributed by atoms with E-state index >= 15 is 0 Å². The average molecular weight is 617 g/mol. The number of hydrogen-bond acceptors (Lipinski definition) is 0. The minimum Gasteiger partial charge on any atom is -0.103 e. The second-order valence-corrected chi connectivity index (χ2v) is 17.3. The zero-order valence-corrected chi connectivity index (χ0v) is 28.9. The summed E-state index contributed by atoms with van der Waals surface area (Å²) in [4.78, 5) is 0. The highest BCUT2D eigenvalue weighted by Crippen LogP contribution is 2.71. The predicted octanol–water partition coefficient (Wildman–Crippen LogP) is 12.4. The largest absolute Gasteiger partial charge is 0.103 e. The first-order valence-electron chi connectivity index (χ1n) is 19.8. The third-order valence-electron chi connectivity index (χ3n) is 14.8. The smallest absolute Gasteiger partial charge is 0.0193 e. The van der Waals surface area contributed by atoms with Gasteiger partial charge in [-0.05, 0) is 185 Å². The summed E-state index contributed by atoms with van der Waals surface area (Å²) in [5.74, 6) is 13.8. The van der Waals surface area contributed by atoms with E-state index in [9.17, 15) is 0 Å². The molecule has 0 spiro atoms. The monoisotopic (exact) mass is 617 g/mol. The van der Waals surface area contributed by atoms with E-state index in [4.69, 9.17) is 0 Å². The van der Waals surface area contributed by atoms with Gasteiger partial charge in [-0.15, -0.1) is 26.3 Å². The molecule has 46 heavy (non-hydrogen) atoms. The molecule has 8 rings (SSSR count).